The Kier molecular flexibility index (Phi) is 4.61. The Morgan fingerprint density at radius 3 is 2.63 bits per heavy atom. The van der Waals surface area contributed by atoms with Gasteiger partial charge < -0.3 is 15.1 Å². The van der Waals surface area contributed by atoms with E-state index in [9.17, 15) is 4.79 Å². The van der Waals surface area contributed by atoms with E-state index < -0.39 is 0 Å². The second kappa shape index (κ2) is 6.64. The molecule has 2 amide bonds. The standard InChI is InChI=1S/C15H18N2O2/c1-12-4-6-13(7-5-12)8-9-16-15(18)17-11-14-3-2-10-19-14/h2-7,10H,8-9,11H2,1H3,(H2,16,17,18). The minimum Gasteiger partial charge on any atom is -0.467 e. The van der Waals surface area contributed by atoms with E-state index in [1.54, 1.807) is 12.3 Å². The van der Waals surface area contributed by atoms with Crippen molar-refractivity contribution in [3.63, 3.8) is 0 Å². The smallest absolute Gasteiger partial charge is 0.315 e. The van der Waals surface area contributed by atoms with Crippen molar-refractivity contribution < 1.29 is 9.21 Å². The van der Waals surface area contributed by atoms with Crippen molar-refractivity contribution in [3.05, 3.63) is 59.5 Å². The molecule has 0 aliphatic carbocycles. The highest BCUT2D eigenvalue weighted by molar-refractivity contribution is 5.73. The topological polar surface area (TPSA) is 54.3 Å². The quantitative estimate of drug-likeness (QED) is 0.866. The Morgan fingerprint density at radius 1 is 1.16 bits per heavy atom. The summed E-state index contributed by atoms with van der Waals surface area (Å²) in [4.78, 5) is 11.5. The fourth-order valence-electron chi connectivity index (χ4n) is 1.72. The molecule has 19 heavy (non-hydrogen) atoms. The molecule has 0 fully saturated rings. The second-order valence-corrected chi connectivity index (χ2v) is 4.42. The molecule has 0 radical (unpaired) electrons. The molecule has 100 valence electrons. The fraction of sp³-hybridized carbons (Fsp3) is 0.267. The van der Waals surface area contributed by atoms with Crippen LogP contribution in [0.3, 0.4) is 0 Å². The highest BCUT2D eigenvalue weighted by Gasteiger charge is 2.01. The predicted molar refractivity (Wildman–Crippen MR) is 73.8 cm³/mol. The Balaban J connectivity index is 1.65. The van der Waals surface area contributed by atoms with Crippen LogP contribution < -0.4 is 10.6 Å². The molecule has 0 saturated carbocycles. The van der Waals surface area contributed by atoms with E-state index >= 15 is 0 Å². The molecular formula is C15H18N2O2. The summed E-state index contributed by atoms with van der Waals surface area (Å²) in [6, 6.07) is 11.8. The van der Waals surface area contributed by atoms with Gasteiger partial charge in [0.15, 0.2) is 0 Å². The van der Waals surface area contributed by atoms with Gasteiger partial charge >= 0.3 is 6.03 Å². The average molecular weight is 258 g/mol. The van der Waals surface area contributed by atoms with Crippen molar-refractivity contribution in [1.29, 1.82) is 0 Å². The summed E-state index contributed by atoms with van der Waals surface area (Å²) >= 11 is 0. The fourth-order valence-corrected chi connectivity index (χ4v) is 1.72. The summed E-state index contributed by atoms with van der Waals surface area (Å²) in [6.07, 6.45) is 2.42. The molecule has 0 aliphatic heterocycles. The SMILES string of the molecule is Cc1ccc(CCNC(=O)NCc2ccco2)cc1. The number of rotatable bonds is 5. The summed E-state index contributed by atoms with van der Waals surface area (Å²) in [7, 11) is 0. The monoisotopic (exact) mass is 258 g/mol. The van der Waals surface area contributed by atoms with Crippen LogP contribution in [-0.2, 0) is 13.0 Å². The van der Waals surface area contributed by atoms with Crippen molar-refractivity contribution in [3.8, 4) is 0 Å². The molecule has 0 atom stereocenters. The summed E-state index contributed by atoms with van der Waals surface area (Å²) in [5.74, 6) is 0.744. The first-order chi connectivity index (χ1) is 9.24. The number of amides is 2. The summed E-state index contributed by atoms with van der Waals surface area (Å²) < 4.78 is 5.13. The van der Waals surface area contributed by atoms with E-state index in [4.69, 9.17) is 4.42 Å². The van der Waals surface area contributed by atoms with Gasteiger partial charge in [0, 0.05) is 6.54 Å². The zero-order chi connectivity index (χ0) is 13.5. The molecular weight excluding hydrogens is 240 g/mol. The lowest BCUT2D eigenvalue weighted by Gasteiger charge is -2.06. The molecule has 0 spiro atoms. The maximum Gasteiger partial charge on any atom is 0.315 e. The number of benzene rings is 1. The summed E-state index contributed by atoms with van der Waals surface area (Å²) in [6.45, 7) is 3.08. The van der Waals surface area contributed by atoms with Crippen LogP contribution in [0.25, 0.3) is 0 Å². The highest BCUT2D eigenvalue weighted by Crippen LogP contribution is 2.03. The van der Waals surface area contributed by atoms with Crippen LogP contribution in [0.4, 0.5) is 4.79 Å². The minimum absolute atomic E-state index is 0.177. The van der Waals surface area contributed by atoms with E-state index in [1.807, 2.05) is 6.07 Å². The van der Waals surface area contributed by atoms with Gasteiger partial charge in [0.25, 0.3) is 0 Å². The van der Waals surface area contributed by atoms with Crippen LogP contribution in [0.15, 0.2) is 47.1 Å². The summed E-state index contributed by atoms with van der Waals surface area (Å²) in [5, 5.41) is 5.55. The van der Waals surface area contributed by atoms with Gasteiger partial charge in [-0.1, -0.05) is 29.8 Å². The number of hydrogen-bond donors (Lipinski definition) is 2. The van der Waals surface area contributed by atoms with E-state index in [2.05, 4.69) is 41.8 Å². The zero-order valence-electron chi connectivity index (χ0n) is 11.0. The Hall–Kier alpha value is -2.23. The predicted octanol–water partition coefficient (Wildman–Crippen LogP) is 2.63. The normalized spacial score (nSPS) is 10.2. The van der Waals surface area contributed by atoms with Gasteiger partial charge in [-0.2, -0.15) is 0 Å². The van der Waals surface area contributed by atoms with Crippen molar-refractivity contribution >= 4 is 6.03 Å². The van der Waals surface area contributed by atoms with Crippen molar-refractivity contribution in [2.24, 2.45) is 0 Å². The van der Waals surface area contributed by atoms with Gasteiger partial charge in [-0.3, -0.25) is 0 Å². The number of carbonyl (C=O) groups excluding carboxylic acids is 1. The molecule has 2 rings (SSSR count). The highest BCUT2D eigenvalue weighted by atomic mass is 16.3. The third-order valence-corrected chi connectivity index (χ3v) is 2.82. The first kappa shape index (κ1) is 13.2. The van der Waals surface area contributed by atoms with E-state index in [1.165, 1.54) is 11.1 Å². The van der Waals surface area contributed by atoms with Gasteiger partial charge in [0.1, 0.15) is 5.76 Å². The molecule has 2 N–H and O–H groups in total. The number of nitrogens with one attached hydrogen (secondary N) is 2. The van der Waals surface area contributed by atoms with Gasteiger partial charge in [-0.25, -0.2) is 4.79 Å². The van der Waals surface area contributed by atoms with Crippen LogP contribution in [-0.4, -0.2) is 12.6 Å². The molecule has 1 aromatic carbocycles. The Bertz CT molecular complexity index is 503. The van der Waals surface area contributed by atoms with Crippen molar-refractivity contribution in [2.75, 3.05) is 6.54 Å². The molecule has 4 nitrogen and oxygen atoms in total. The molecule has 0 unspecified atom stereocenters. The molecule has 0 bridgehead atoms. The van der Waals surface area contributed by atoms with E-state index in [0.717, 1.165) is 12.2 Å². The lowest BCUT2D eigenvalue weighted by atomic mass is 10.1. The van der Waals surface area contributed by atoms with Crippen LogP contribution in [0.2, 0.25) is 0 Å². The van der Waals surface area contributed by atoms with Crippen LogP contribution >= 0.6 is 0 Å². The van der Waals surface area contributed by atoms with Crippen LogP contribution in [0.1, 0.15) is 16.9 Å². The third-order valence-electron chi connectivity index (χ3n) is 2.82. The Labute approximate surface area is 112 Å². The summed E-state index contributed by atoms with van der Waals surface area (Å²) in [5.41, 5.74) is 2.46. The van der Waals surface area contributed by atoms with Crippen LogP contribution in [0, 0.1) is 6.92 Å². The van der Waals surface area contributed by atoms with Gasteiger partial charge in [0.05, 0.1) is 12.8 Å². The number of furan rings is 1. The Morgan fingerprint density at radius 2 is 1.95 bits per heavy atom. The lowest BCUT2D eigenvalue weighted by molar-refractivity contribution is 0.239. The first-order valence-electron chi connectivity index (χ1n) is 6.33. The molecule has 1 aromatic heterocycles. The van der Waals surface area contributed by atoms with E-state index in [0.29, 0.717) is 13.1 Å². The number of hydrogen-bond acceptors (Lipinski definition) is 2. The third kappa shape index (κ3) is 4.50. The van der Waals surface area contributed by atoms with E-state index in [-0.39, 0.29) is 6.03 Å². The maximum atomic E-state index is 11.5. The lowest BCUT2D eigenvalue weighted by Crippen LogP contribution is -2.36. The van der Waals surface area contributed by atoms with Crippen LogP contribution in [0.5, 0.6) is 0 Å². The molecule has 0 saturated heterocycles. The minimum atomic E-state index is -0.177. The number of urea groups is 1. The van der Waals surface area contributed by atoms with Crippen molar-refractivity contribution in [2.45, 2.75) is 19.9 Å². The molecule has 0 aliphatic rings. The van der Waals surface area contributed by atoms with Gasteiger partial charge in [0.2, 0.25) is 0 Å². The number of aryl methyl sites for hydroxylation is 1. The van der Waals surface area contributed by atoms with Gasteiger partial charge in [-0.15, -0.1) is 0 Å². The molecule has 2 aromatic rings. The average Bonchev–Trinajstić information content (AvgIpc) is 2.92. The largest absolute Gasteiger partial charge is 0.467 e. The first-order valence-corrected chi connectivity index (χ1v) is 6.33. The zero-order valence-corrected chi connectivity index (χ0v) is 11.0. The molecule has 4 heteroatoms. The maximum absolute atomic E-state index is 11.5. The number of carbonyl (C=O) groups is 1. The second-order valence-electron chi connectivity index (χ2n) is 4.42. The van der Waals surface area contributed by atoms with Gasteiger partial charge in [-0.05, 0) is 31.0 Å². The van der Waals surface area contributed by atoms with Crippen molar-refractivity contribution in [1.82, 2.24) is 10.6 Å². The molecule has 1 heterocycles.